The molecule has 2 heterocycles. The molecule has 3 rings (SSSR count). The summed E-state index contributed by atoms with van der Waals surface area (Å²) in [7, 11) is 0. The van der Waals surface area contributed by atoms with E-state index in [-0.39, 0.29) is 10.9 Å². The van der Waals surface area contributed by atoms with Crippen molar-refractivity contribution < 1.29 is 17.6 Å². The van der Waals surface area contributed by atoms with Crippen LogP contribution in [0, 0.1) is 0 Å². The number of rotatable bonds is 4. The lowest BCUT2D eigenvalue weighted by Crippen LogP contribution is -2.08. The smallest absolute Gasteiger partial charge is 0.433 e. The Kier molecular flexibility index (Phi) is 4.77. The standard InChI is InChI=1S/C15H9ClF3N3OS/c16-10-3-1-2-9(6-10)13-21-11(7-23-13)8-24-14-20-5-4-12(22-14)15(17,18)19/h1-7H,8H2. The third-order valence-corrected chi connectivity index (χ3v) is 4.03. The molecule has 0 saturated heterocycles. The molecule has 9 heteroatoms. The lowest BCUT2D eigenvalue weighted by Gasteiger charge is -2.05. The van der Waals surface area contributed by atoms with E-state index in [1.807, 2.05) is 0 Å². The monoisotopic (exact) mass is 371 g/mol. The quantitative estimate of drug-likeness (QED) is 0.472. The van der Waals surface area contributed by atoms with Gasteiger partial charge >= 0.3 is 6.18 Å². The number of nitrogens with zero attached hydrogens (tertiary/aromatic N) is 3. The molecule has 3 aromatic rings. The number of alkyl halides is 3. The van der Waals surface area contributed by atoms with E-state index < -0.39 is 11.9 Å². The maximum absolute atomic E-state index is 12.6. The highest BCUT2D eigenvalue weighted by Crippen LogP contribution is 2.29. The molecule has 0 amide bonds. The molecule has 1 aromatic carbocycles. The van der Waals surface area contributed by atoms with E-state index in [2.05, 4.69) is 15.0 Å². The van der Waals surface area contributed by atoms with E-state index in [4.69, 9.17) is 16.0 Å². The van der Waals surface area contributed by atoms with Crippen molar-refractivity contribution >= 4 is 23.4 Å². The van der Waals surface area contributed by atoms with E-state index in [0.717, 1.165) is 24.0 Å². The molecule has 0 radical (unpaired) electrons. The van der Waals surface area contributed by atoms with E-state index >= 15 is 0 Å². The number of hydrogen-bond acceptors (Lipinski definition) is 5. The van der Waals surface area contributed by atoms with Crippen LogP contribution in [-0.2, 0) is 11.9 Å². The van der Waals surface area contributed by atoms with Gasteiger partial charge < -0.3 is 4.42 Å². The van der Waals surface area contributed by atoms with Gasteiger partial charge in [-0.05, 0) is 24.3 Å². The van der Waals surface area contributed by atoms with Crippen molar-refractivity contribution in [2.24, 2.45) is 0 Å². The molecule has 0 atom stereocenters. The first-order valence-electron chi connectivity index (χ1n) is 6.65. The van der Waals surface area contributed by atoms with Crippen LogP contribution in [0.3, 0.4) is 0 Å². The van der Waals surface area contributed by atoms with Gasteiger partial charge in [0.1, 0.15) is 12.0 Å². The van der Waals surface area contributed by atoms with Gasteiger partial charge in [0, 0.05) is 22.5 Å². The van der Waals surface area contributed by atoms with Crippen molar-refractivity contribution in [2.45, 2.75) is 17.1 Å². The Morgan fingerprint density at radius 3 is 2.75 bits per heavy atom. The van der Waals surface area contributed by atoms with Crippen LogP contribution in [0.1, 0.15) is 11.4 Å². The highest BCUT2D eigenvalue weighted by molar-refractivity contribution is 7.98. The van der Waals surface area contributed by atoms with Crippen LogP contribution < -0.4 is 0 Å². The molecule has 124 valence electrons. The molecule has 0 fully saturated rings. The summed E-state index contributed by atoms with van der Waals surface area (Å²) in [6.07, 6.45) is -1.97. The molecular formula is C15H9ClF3N3OS. The number of hydrogen-bond donors (Lipinski definition) is 0. The Morgan fingerprint density at radius 1 is 1.17 bits per heavy atom. The summed E-state index contributed by atoms with van der Waals surface area (Å²) >= 11 is 6.96. The summed E-state index contributed by atoms with van der Waals surface area (Å²) in [5, 5.41) is 0.580. The van der Waals surface area contributed by atoms with Gasteiger partial charge in [0.2, 0.25) is 5.89 Å². The maximum Gasteiger partial charge on any atom is 0.433 e. The Hall–Kier alpha value is -2.06. The molecule has 0 saturated carbocycles. The maximum atomic E-state index is 12.6. The van der Waals surface area contributed by atoms with Crippen LogP contribution in [0.15, 0.2) is 52.4 Å². The second-order valence-electron chi connectivity index (χ2n) is 4.67. The predicted molar refractivity (Wildman–Crippen MR) is 83.5 cm³/mol. The normalized spacial score (nSPS) is 11.7. The minimum Gasteiger partial charge on any atom is -0.444 e. The molecule has 4 nitrogen and oxygen atoms in total. The zero-order chi connectivity index (χ0) is 17.2. The summed E-state index contributed by atoms with van der Waals surface area (Å²) < 4.78 is 43.2. The molecule has 0 N–H and O–H groups in total. The summed E-state index contributed by atoms with van der Waals surface area (Å²) in [5.74, 6) is 0.670. The fraction of sp³-hybridized carbons (Fsp3) is 0.133. The predicted octanol–water partition coefficient (Wildman–Crippen LogP) is 5.10. The van der Waals surface area contributed by atoms with Gasteiger partial charge in [0.05, 0.1) is 5.69 Å². The Labute approximate surface area is 144 Å². The van der Waals surface area contributed by atoms with Gasteiger partial charge in [-0.15, -0.1) is 0 Å². The van der Waals surface area contributed by atoms with Gasteiger partial charge in [-0.25, -0.2) is 15.0 Å². The zero-order valence-corrected chi connectivity index (χ0v) is 13.5. The van der Waals surface area contributed by atoms with Gasteiger partial charge in [0.15, 0.2) is 5.16 Å². The lowest BCUT2D eigenvalue weighted by molar-refractivity contribution is -0.141. The van der Waals surface area contributed by atoms with E-state index in [9.17, 15) is 13.2 Å². The molecule has 0 aliphatic heterocycles. The van der Waals surface area contributed by atoms with Crippen LogP contribution in [0.25, 0.3) is 11.5 Å². The number of thioether (sulfide) groups is 1. The number of halogens is 4. The van der Waals surface area contributed by atoms with Gasteiger partial charge in [-0.2, -0.15) is 13.2 Å². The summed E-state index contributed by atoms with van der Waals surface area (Å²) in [6.45, 7) is 0. The largest absolute Gasteiger partial charge is 0.444 e. The van der Waals surface area contributed by atoms with Gasteiger partial charge in [-0.1, -0.05) is 29.4 Å². The average molecular weight is 372 g/mol. The Morgan fingerprint density at radius 2 is 2.00 bits per heavy atom. The van der Waals surface area contributed by atoms with E-state index in [1.165, 1.54) is 6.26 Å². The van der Waals surface area contributed by atoms with Crippen molar-refractivity contribution in [2.75, 3.05) is 0 Å². The molecule has 24 heavy (non-hydrogen) atoms. The number of benzene rings is 1. The number of aromatic nitrogens is 3. The lowest BCUT2D eigenvalue weighted by atomic mass is 10.2. The first-order valence-corrected chi connectivity index (χ1v) is 8.01. The van der Waals surface area contributed by atoms with Crippen molar-refractivity contribution in [3.8, 4) is 11.5 Å². The van der Waals surface area contributed by atoms with Crippen LogP contribution >= 0.6 is 23.4 Å². The fourth-order valence-corrected chi connectivity index (χ4v) is 2.73. The van der Waals surface area contributed by atoms with Crippen molar-refractivity contribution in [3.05, 3.63) is 59.2 Å². The van der Waals surface area contributed by atoms with Gasteiger partial charge in [0.25, 0.3) is 0 Å². The van der Waals surface area contributed by atoms with Crippen LogP contribution in [0.4, 0.5) is 13.2 Å². The minimum atomic E-state index is -4.49. The molecule has 0 aliphatic rings. The van der Waals surface area contributed by atoms with Gasteiger partial charge in [-0.3, -0.25) is 0 Å². The minimum absolute atomic E-state index is 0.0251. The first-order chi connectivity index (χ1) is 11.4. The van der Waals surface area contributed by atoms with Crippen LogP contribution in [0.2, 0.25) is 5.02 Å². The van der Waals surface area contributed by atoms with Crippen LogP contribution in [-0.4, -0.2) is 15.0 Å². The van der Waals surface area contributed by atoms with E-state index in [0.29, 0.717) is 22.2 Å². The van der Waals surface area contributed by atoms with Crippen LogP contribution in [0.5, 0.6) is 0 Å². The summed E-state index contributed by atoms with van der Waals surface area (Å²) in [6, 6.07) is 7.84. The summed E-state index contributed by atoms with van der Waals surface area (Å²) in [4.78, 5) is 11.6. The second-order valence-corrected chi connectivity index (χ2v) is 6.04. The fourth-order valence-electron chi connectivity index (χ4n) is 1.83. The molecule has 0 bridgehead atoms. The second kappa shape index (κ2) is 6.82. The Balaban J connectivity index is 1.70. The highest BCUT2D eigenvalue weighted by Gasteiger charge is 2.32. The Bertz CT molecular complexity index is 854. The topological polar surface area (TPSA) is 51.8 Å². The van der Waals surface area contributed by atoms with Crippen molar-refractivity contribution in [3.63, 3.8) is 0 Å². The third-order valence-electron chi connectivity index (χ3n) is 2.90. The highest BCUT2D eigenvalue weighted by atomic mass is 35.5. The SMILES string of the molecule is FC(F)(F)c1ccnc(SCc2coc(-c3cccc(Cl)c3)n2)n1. The van der Waals surface area contributed by atoms with E-state index in [1.54, 1.807) is 24.3 Å². The molecule has 2 aromatic heterocycles. The average Bonchev–Trinajstić information content (AvgIpc) is 3.01. The van der Waals surface area contributed by atoms with Crippen molar-refractivity contribution in [1.29, 1.82) is 0 Å². The first kappa shape index (κ1) is 16.8. The molecule has 0 unspecified atom stereocenters. The number of oxazole rings is 1. The molecular weight excluding hydrogens is 363 g/mol. The molecule has 0 aliphatic carbocycles. The van der Waals surface area contributed by atoms with Crippen molar-refractivity contribution in [1.82, 2.24) is 15.0 Å². The summed E-state index contributed by atoms with van der Waals surface area (Å²) in [5.41, 5.74) is 0.310. The zero-order valence-electron chi connectivity index (χ0n) is 11.9. The third kappa shape index (κ3) is 4.07. The molecule has 0 spiro atoms.